The molecule has 6 N–H and O–H groups in total. The van der Waals surface area contributed by atoms with E-state index in [2.05, 4.69) is 25.3 Å². The maximum atomic E-state index is 11.4. The predicted octanol–water partition coefficient (Wildman–Crippen LogP) is -1.26. The number of carbonyl (C=O) groups excluding carboxylic acids is 2. The maximum Gasteiger partial charge on any atom is 0.407 e. The van der Waals surface area contributed by atoms with Crippen molar-refractivity contribution in [1.29, 1.82) is 0 Å². The van der Waals surface area contributed by atoms with Crippen molar-refractivity contribution in [3.05, 3.63) is 10.4 Å². The Morgan fingerprint density at radius 3 is 2.79 bits per heavy atom. The number of carbonyl (C=O) groups is 2. The number of rotatable bonds is 4. The fraction of sp³-hybridized carbons (Fsp3) is 0.333. The minimum absolute atomic E-state index is 0.162. The molecule has 0 radical (unpaired) electrons. The molecule has 104 valence electrons. The zero-order chi connectivity index (χ0) is 14.4. The maximum absolute atomic E-state index is 11.4. The minimum atomic E-state index is -0.811. The van der Waals surface area contributed by atoms with Gasteiger partial charge in [-0.25, -0.2) is 4.79 Å². The van der Waals surface area contributed by atoms with E-state index in [1.165, 1.54) is 0 Å². The zero-order valence-electron chi connectivity index (χ0n) is 10.0. The smallest absolute Gasteiger partial charge is 0.407 e. The number of nitrogens with two attached hydrogens (primary N) is 1. The molecule has 1 aromatic rings. The van der Waals surface area contributed by atoms with Crippen molar-refractivity contribution in [3.8, 4) is 5.88 Å². The molecule has 10 heteroatoms. The molecule has 0 aromatic carbocycles. The Morgan fingerprint density at radius 1 is 1.53 bits per heavy atom. The summed E-state index contributed by atoms with van der Waals surface area (Å²) in [5.74, 6) is -1.74. The van der Waals surface area contributed by atoms with E-state index in [-0.39, 0.29) is 12.6 Å². The monoisotopic (exact) mass is 271 g/mol. The van der Waals surface area contributed by atoms with E-state index < -0.39 is 35.7 Å². The Hall–Kier alpha value is -2.78. The van der Waals surface area contributed by atoms with Gasteiger partial charge in [-0.3, -0.25) is 14.6 Å². The van der Waals surface area contributed by atoms with E-state index in [0.29, 0.717) is 0 Å². The van der Waals surface area contributed by atoms with Gasteiger partial charge in [0.2, 0.25) is 17.7 Å². The third-order valence-corrected chi connectivity index (χ3v) is 1.85. The van der Waals surface area contributed by atoms with Crippen LogP contribution < -0.4 is 21.9 Å². The number of hydrogen-bond donors (Lipinski definition) is 5. The van der Waals surface area contributed by atoms with E-state index in [1.807, 2.05) is 0 Å². The summed E-state index contributed by atoms with van der Waals surface area (Å²) >= 11 is 0. The molecule has 2 amide bonds. The molecule has 10 nitrogen and oxygen atoms in total. The highest BCUT2D eigenvalue weighted by Gasteiger charge is 2.13. The summed E-state index contributed by atoms with van der Waals surface area (Å²) in [6.45, 7) is 1.34. The first-order chi connectivity index (χ1) is 8.93. The van der Waals surface area contributed by atoms with Crippen LogP contribution in [-0.4, -0.2) is 40.2 Å². The summed E-state index contributed by atoms with van der Waals surface area (Å²) in [6.07, 6.45) is -0.772. The quantitative estimate of drug-likeness (QED) is 0.457. The fourth-order valence-corrected chi connectivity index (χ4v) is 1.11. The van der Waals surface area contributed by atoms with Crippen LogP contribution >= 0.6 is 0 Å². The SMILES string of the molecule is CCOC(=O)NCC(=O)Nc1c(O)nc(N)[nH]c1=O. The van der Waals surface area contributed by atoms with Crippen molar-refractivity contribution >= 4 is 23.6 Å². The van der Waals surface area contributed by atoms with Crippen LogP contribution in [0.15, 0.2) is 4.79 Å². The molecule has 0 bridgehead atoms. The van der Waals surface area contributed by atoms with Gasteiger partial charge in [0.1, 0.15) is 6.54 Å². The number of nitrogen functional groups attached to an aromatic ring is 1. The molecule has 1 aromatic heterocycles. The van der Waals surface area contributed by atoms with Crippen molar-refractivity contribution in [2.75, 3.05) is 24.2 Å². The Bertz CT molecular complexity index is 540. The molecule has 0 atom stereocenters. The van der Waals surface area contributed by atoms with Gasteiger partial charge in [0.25, 0.3) is 5.56 Å². The molecule has 0 aliphatic carbocycles. The number of H-pyrrole nitrogens is 1. The number of amides is 2. The van der Waals surface area contributed by atoms with E-state index >= 15 is 0 Å². The number of anilines is 2. The first-order valence-corrected chi connectivity index (χ1v) is 5.23. The molecule has 0 saturated heterocycles. The lowest BCUT2D eigenvalue weighted by atomic mass is 10.4. The molecule has 0 saturated carbocycles. The largest absolute Gasteiger partial charge is 0.492 e. The standard InChI is InChI=1S/C9H13N5O5/c1-2-19-9(18)11-3-4(15)12-5-6(16)13-8(10)14-7(5)17/h2-3H2,1H3,(H,11,18)(H,12,15)(H4,10,13,14,16,17). The number of hydrogen-bond acceptors (Lipinski definition) is 7. The van der Waals surface area contributed by atoms with Crippen LogP contribution in [-0.2, 0) is 9.53 Å². The van der Waals surface area contributed by atoms with Gasteiger partial charge in [-0.15, -0.1) is 0 Å². The summed E-state index contributed by atoms with van der Waals surface area (Å²) in [7, 11) is 0. The number of ether oxygens (including phenoxy) is 1. The molecule has 1 rings (SSSR count). The average molecular weight is 271 g/mol. The molecule has 1 heterocycles. The normalized spacial score (nSPS) is 9.74. The second kappa shape index (κ2) is 6.23. The zero-order valence-corrected chi connectivity index (χ0v) is 10.0. The van der Waals surface area contributed by atoms with E-state index in [4.69, 9.17) is 5.73 Å². The van der Waals surface area contributed by atoms with E-state index in [9.17, 15) is 19.5 Å². The third-order valence-electron chi connectivity index (χ3n) is 1.85. The number of aromatic amines is 1. The highest BCUT2D eigenvalue weighted by Crippen LogP contribution is 2.14. The lowest BCUT2D eigenvalue weighted by molar-refractivity contribution is -0.115. The number of aromatic hydroxyl groups is 1. The van der Waals surface area contributed by atoms with Crippen molar-refractivity contribution < 1.29 is 19.4 Å². The second-order valence-corrected chi connectivity index (χ2v) is 3.27. The molecule has 0 spiro atoms. The van der Waals surface area contributed by atoms with Gasteiger partial charge in [-0.05, 0) is 6.92 Å². The fourth-order valence-electron chi connectivity index (χ4n) is 1.11. The van der Waals surface area contributed by atoms with Gasteiger partial charge in [-0.1, -0.05) is 0 Å². The second-order valence-electron chi connectivity index (χ2n) is 3.27. The molecule has 19 heavy (non-hydrogen) atoms. The Balaban J connectivity index is 2.63. The van der Waals surface area contributed by atoms with E-state index in [0.717, 1.165) is 0 Å². The Kier molecular flexibility index (Phi) is 4.69. The highest BCUT2D eigenvalue weighted by atomic mass is 16.5. The summed E-state index contributed by atoms with van der Waals surface area (Å²) in [6, 6.07) is 0. The van der Waals surface area contributed by atoms with Crippen molar-refractivity contribution in [2.45, 2.75) is 6.92 Å². The third kappa shape index (κ3) is 4.18. The summed E-state index contributed by atoms with van der Waals surface area (Å²) in [5, 5.41) is 13.6. The lowest BCUT2D eigenvalue weighted by Gasteiger charge is -2.07. The highest BCUT2D eigenvalue weighted by molar-refractivity contribution is 5.94. The molecule has 0 aliphatic rings. The van der Waals surface area contributed by atoms with Crippen molar-refractivity contribution in [3.63, 3.8) is 0 Å². The summed E-state index contributed by atoms with van der Waals surface area (Å²) in [4.78, 5) is 39.2. The van der Waals surface area contributed by atoms with Crippen LogP contribution in [0.2, 0.25) is 0 Å². The molecule has 0 aliphatic heterocycles. The van der Waals surface area contributed by atoms with Gasteiger partial charge in [-0.2, -0.15) is 4.98 Å². The van der Waals surface area contributed by atoms with Gasteiger partial charge < -0.3 is 26.2 Å². The van der Waals surface area contributed by atoms with Crippen LogP contribution in [0, 0.1) is 0 Å². The molecular weight excluding hydrogens is 258 g/mol. The van der Waals surface area contributed by atoms with Crippen LogP contribution in [0.25, 0.3) is 0 Å². The van der Waals surface area contributed by atoms with Crippen molar-refractivity contribution in [1.82, 2.24) is 15.3 Å². The molecular formula is C9H13N5O5. The van der Waals surface area contributed by atoms with Crippen LogP contribution in [0.3, 0.4) is 0 Å². The first-order valence-electron chi connectivity index (χ1n) is 5.23. The van der Waals surface area contributed by atoms with Gasteiger partial charge >= 0.3 is 6.09 Å². The summed E-state index contributed by atoms with van der Waals surface area (Å²) in [5.41, 5.74) is 3.91. The van der Waals surface area contributed by atoms with Crippen molar-refractivity contribution in [2.24, 2.45) is 0 Å². The van der Waals surface area contributed by atoms with Crippen LogP contribution in [0.4, 0.5) is 16.4 Å². The van der Waals surface area contributed by atoms with Gasteiger partial charge in [0.05, 0.1) is 6.61 Å². The minimum Gasteiger partial charge on any atom is -0.492 e. The topological polar surface area (TPSA) is 159 Å². The number of alkyl carbamates (subject to hydrolysis) is 1. The molecule has 0 fully saturated rings. The number of nitrogens with one attached hydrogen (secondary N) is 3. The summed E-state index contributed by atoms with van der Waals surface area (Å²) < 4.78 is 4.53. The Labute approximate surface area is 107 Å². The average Bonchev–Trinajstić information content (AvgIpc) is 2.31. The van der Waals surface area contributed by atoms with Crippen LogP contribution in [0.1, 0.15) is 6.92 Å². The number of aromatic nitrogens is 2. The lowest BCUT2D eigenvalue weighted by Crippen LogP contribution is -2.34. The van der Waals surface area contributed by atoms with Crippen LogP contribution in [0.5, 0.6) is 5.88 Å². The molecule has 0 unspecified atom stereocenters. The predicted molar refractivity (Wildman–Crippen MR) is 64.6 cm³/mol. The Morgan fingerprint density at radius 2 is 2.21 bits per heavy atom. The van der Waals surface area contributed by atoms with E-state index in [1.54, 1.807) is 6.92 Å². The van der Waals surface area contributed by atoms with Gasteiger partial charge in [0.15, 0.2) is 5.69 Å². The first kappa shape index (κ1) is 14.3. The van der Waals surface area contributed by atoms with Gasteiger partial charge in [0, 0.05) is 0 Å². The number of nitrogens with zero attached hydrogens (tertiary/aromatic N) is 1.